The fourth-order valence-electron chi connectivity index (χ4n) is 1.20. The van der Waals surface area contributed by atoms with Crippen LogP contribution in [0.3, 0.4) is 0 Å². The SMILES string of the molecule is COC(=O)CNCCN1CCNC1=O. The molecule has 1 rings (SSSR count). The molecule has 0 aromatic rings. The van der Waals surface area contributed by atoms with Crippen LogP contribution in [-0.2, 0) is 9.53 Å². The average molecular weight is 201 g/mol. The zero-order valence-electron chi connectivity index (χ0n) is 8.21. The number of hydrogen-bond acceptors (Lipinski definition) is 4. The lowest BCUT2D eigenvalue weighted by molar-refractivity contribution is -0.139. The normalized spacial score (nSPS) is 15.5. The van der Waals surface area contributed by atoms with Gasteiger partial charge in [0, 0.05) is 26.2 Å². The summed E-state index contributed by atoms with van der Waals surface area (Å²) in [7, 11) is 1.35. The van der Waals surface area contributed by atoms with E-state index in [1.807, 2.05) is 0 Å². The quantitative estimate of drug-likeness (QED) is 0.432. The molecule has 0 radical (unpaired) electrons. The van der Waals surface area contributed by atoms with Crippen molar-refractivity contribution in [3.8, 4) is 0 Å². The minimum Gasteiger partial charge on any atom is -0.468 e. The van der Waals surface area contributed by atoms with Crippen molar-refractivity contribution in [2.45, 2.75) is 0 Å². The molecule has 0 unspecified atom stereocenters. The first kappa shape index (κ1) is 10.8. The summed E-state index contributed by atoms with van der Waals surface area (Å²) in [5.74, 6) is -0.295. The van der Waals surface area contributed by atoms with Crippen LogP contribution in [0.15, 0.2) is 0 Å². The van der Waals surface area contributed by atoms with E-state index >= 15 is 0 Å². The number of methoxy groups -OCH3 is 1. The van der Waals surface area contributed by atoms with Gasteiger partial charge in [0.2, 0.25) is 0 Å². The van der Waals surface area contributed by atoms with E-state index in [-0.39, 0.29) is 18.5 Å². The molecular weight excluding hydrogens is 186 g/mol. The van der Waals surface area contributed by atoms with E-state index in [1.165, 1.54) is 7.11 Å². The van der Waals surface area contributed by atoms with Crippen LogP contribution in [0.4, 0.5) is 4.79 Å². The number of carbonyl (C=O) groups excluding carboxylic acids is 2. The summed E-state index contributed by atoms with van der Waals surface area (Å²) in [6.45, 7) is 2.84. The third kappa shape index (κ3) is 3.21. The fraction of sp³-hybridized carbons (Fsp3) is 0.750. The van der Waals surface area contributed by atoms with Crippen molar-refractivity contribution >= 4 is 12.0 Å². The van der Waals surface area contributed by atoms with Gasteiger partial charge in [0.25, 0.3) is 0 Å². The van der Waals surface area contributed by atoms with Gasteiger partial charge in [-0.1, -0.05) is 0 Å². The Balaban J connectivity index is 2.03. The van der Waals surface area contributed by atoms with Gasteiger partial charge >= 0.3 is 12.0 Å². The third-order valence-corrected chi connectivity index (χ3v) is 2.00. The first-order valence-corrected chi connectivity index (χ1v) is 4.54. The molecule has 1 saturated heterocycles. The van der Waals surface area contributed by atoms with Crippen molar-refractivity contribution in [3.63, 3.8) is 0 Å². The number of carbonyl (C=O) groups is 2. The summed E-state index contributed by atoms with van der Waals surface area (Å²) >= 11 is 0. The lowest BCUT2D eigenvalue weighted by Crippen LogP contribution is -2.36. The Kier molecular flexibility index (Phi) is 4.18. The lowest BCUT2D eigenvalue weighted by atomic mass is 10.5. The highest BCUT2D eigenvalue weighted by molar-refractivity contribution is 5.76. The summed E-state index contributed by atoms with van der Waals surface area (Å²) in [5.41, 5.74) is 0. The summed E-state index contributed by atoms with van der Waals surface area (Å²) in [6, 6.07) is -0.0372. The highest BCUT2D eigenvalue weighted by Crippen LogP contribution is 1.93. The molecule has 6 heteroatoms. The first-order chi connectivity index (χ1) is 6.74. The van der Waals surface area contributed by atoms with Crippen molar-refractivity contribution < 1.29 is 14.3 Å². The van der Waals surface area contributed by atoms with Crippen molar-refractivity contribution in [1.29, 1.82) is 0 Å². The predicted molar refractivity (Wildman–Crippen MR) is 49.9 cm³/mol. The molecule has 0 aromatic carbocycles. The number of amides is 2. The first-order valence-electron chi connectivity index (χ1n) is 4.54. The molecule has 14 heavy (non-hydrogen) atoms. The average Bonchev–Trinajstić information content (AvgIpc) is 2.58. The van der Waals surface area contributed by atoms with E-state index in [0.29, 0.717) is 19.6 Å². The molecule has 2 N–H and O–H groups in total. The molecule has 1 aliphatic heterocycles. The standard InChI is InChI=1S/C8H15N3O3/c1-14-7(12)6-9-2-4-11-5-3-10-8(11)13/h9H,2-6H2,1H3,(H,10,13). The van der Waals surface area contributed by atoms with Gasteiger partial charge < -0.3 is 20.3 Å². The summed E-state index contributed by atoms with van der Waals surface area (Å²) < 4.78 is 4.45. The fourth-order valence-corrected chi connectivity index (χ4v) is 1.20. The summed E-state index contributed by atoms with van der Waals surface area (Å²) in [6.07, 6.45) is 0. The minimum absolute atomic E-state index is 0.0372. The Morgan fingerprint density at radius 1 is 1.71 bits per heavy atom. The number of nitrogens with zero attached hydrogens (tertiary/aromatic N) is 1. The molecule has 0 atom stereocenters. The molecule has 1 fully saturated rings. The Morgan fingerprint density at radius 3 is 3.07 bits per heavy atom. The minimum atomic E-state index is -0.295. The van der Waals surface area contributed by atoms with Crippen LogP contribution in [0.25, 0.3) is 0 Å². The third-order valence-electron chi connectivity index (χ3n) is 2.00. The highest BCUT2D eigenvalue weighted by atomic mass is 16.5. The highest BCUT2D eigenvalue weighted by Gasteiger charge is 2.18. The van der Waals surface area contributed by atoms with Gasteiger partial charge in [-0.2, -0.15) is 0 Å². The van der Waals surface area contributed by atoms with Gasteiger partial charge in [-0.15, -0.1) is 0 Å². The Bertz CT molecular complexity index is 220. The maximum atomic E-state index is 11.1. The number of rotatable bonds is 5. The molecule has 80 valence electrons. The molecule has 1 heterocycles. The maximum absolute atomic E-state index is 11.1. The van der Waals surface area contributed by atoms with E-state index in [4.69, 9.17) is 0 Å². The molecule has 0 aliphatic carbocycles. The van der Waals surface area contributed by atoms with Gasteiger partial charge in [0.05, 0.1) is 13.7 Å². The Labute approximate surface area is 82.6 Å². The van der Waals surface area contributed by atoms with E-state index in [2.05, 4.69) is 15.4 Å². The number of nitrogens with one attached hydrogen (secondary N) is 2. The van der Waals surface area contributed by atoms with Gasteiger partial charge in [-0.3, -0.25) is 4.79 Å². The topological polar surface area (TPSA) is 70.7 Å². The largest absolute Gasteiger partial charge is 0.468 e. The molecule has 0 saturated carbocycles. The van der Waals surface area contributed by atoms with Crippen LogP contribution >= 0.6 is 0 Å². The number of esters is 1. The Morgan fingerprint density at radius 2 is 2.50 bits per heavy atom. The van der Waals surface area contributed by atoms with Gasteiger partial charge in [-0.25, -0.2) is 4.79 Å². The van der Waals surface area contributed by atoms with E-state index < -0.39 is 0 Å². The summed E-state index contributed by atoms with van der Waals surface area (Å²) in [5, 5.41) is 5.59. The van der Waals surface area contributed by atoms with E-state index in [1.54, 1.807) is 4.90 Å². The van der Waals surface area contributed by atoms with Crippen LogP contribution < -0.4 is 10.6 Å². The second-order valence-corrected chi connectivity index (χ2v) is 2.97. The molecule has 1 aliphatic rings. The van der Waals surface area contributed by atoms with E-state index in [0.717, 1.165) is 6.54 Å². The van der Waals surface area contributed by atoms with Crippen molar-refractivity contribution in [2.75, 3.05) is 39.8 Å². The maximum Gasteiger partial charge on any atom is 0.319 e. The zero-order valence-corrected chi connectivity index (χ0v) is 8.21. The van der Waals surface area contributed by atoms with Crippen LogP contribution in [0.5, 0.6) is 0 Å². The van der Waals surface area contributed by atoms with Crippen LogP contribution in [0.2, 0.25) is 0 Å². The lowest BCUT2D eigenvalue weighted by Gasteiger charge is -2.13. The number of ether oxygens (including phenoxy) is 1. The Hall–Kier alpha value is -1.30. The molecule has 0 bridgehead atoms. The monoisotopic (exact) mass is 201 g/mol. The van der Waals surface area contributed by atoms with Gasteiger partial charge in [-0.05, 0) is 0 Å². The van der Waals surface area contributed by atoms with Crippen LogP contribution in [-0.4, -0.2) is 56.7 Å². The second-order valence-electron chi connectivity index (χ2n) is 2.97. The molecule has 6 nitrogen and oxygen atoms in total. The van der Waals surface area contributed by atoms with Gasteiger partial charge in [0.1, 0.15) is 0 Å². The van der Waals surface area contributed by atoms with Crippen LogP contribution in [0, 0.1) is 0 Å². The van der Waals surface area contributed by atoms with Crippen molar-refractivity contribution in [3.05, 3.63) is 0 Å². The molecular formula is C8H15N3O3. The summed E-state index contributed by atoms with van der Waals surface area (Å²) in [4.78, 5) is 23.4. The van der Waals surface area contributed by atoms with Crippen molar-refractivity contribution in [2.24, 2.45) is 0 Å². The van der Waals surface area contributed by atoms with Crippen LogP contribution in [0.1, 0.15) is 0 Å². The van der Waals surface area contributed by atoms with Gasteiger partial charge in [0.15, 0.2) is 0 Å². The molecule has 0 spiro atoms. The smallest absolute Gasteiger partial charge is 0.319 e. The number of hydrogen-bond donors (Lipinski definition) is 2. The number of urea groups is 1. The zero-order chi connectivity index (χ0) is 10.4. The molecule has 2 amide bonds. The predicted octanol–water partition coefficient (Wildman–Crippen LogP) is -1.23. The van der Waals surface area contributed by atoms with Crippen molar-refractivity contribution in [1.82, 2.24) is 15.5 Å². The molecule has 0 aromatic heterocycles. The second kappa shape index (κ2) is 5.43. The van der Waals surface area contributed by atoms with E-state index in [9.17, 15) is 9.59 Å².